The number of carbonyl (C=O) groups is 2. The minimum absolute atomic E-state index is 0.290. The van der Waals surface area contributed by atoms with Gasteiger partial charge in [0.25, 0.3) is 11.8 Å². The molecular formula is C12H11N3O2S. The molecule has 0 aromatic carbocycles. The van der Waals surface area contributed by atoms with E-state index in [4.69, 9.17) is 5.73 Å². The Hall–Kier alpha value is -2.21. The number of nitrogens with zero attached hydrogens (tertiary/aromatic N) is 1. The van der Waals surface area contributed by atoms with Crippen molar-refractivity contribution in [1.82, 2.24) is 4.98 Å². The number of carbonyl (C=O) groups excluding carboxylic acids is 2. The van der Waals surface area contributed by atoms with Gasteiger partial charge in [-0.25, -0.2) is 0 Å². The van der Waals surface area contributed by atoms with Crippen LogP contribution in [0.2, 0.25) is 0 Å². The highest BCUT2D eigenvalue weighted by molar-refractivity contribution is 7.16. The van der Waals surface area contributed by atoms with E-state index in [9.17, 15) is 9.59 Å². The molecule has 3 N–H and O–H groups in total. The van der Waals surface area contributed by atoms with Gasteiger partial charge in [-0.05, 0) is 25.1 Å². The second kappa shape index (κ2) is 4.97. The zero-order valence-electron chi connectivity index (χ0n) is 9.64. The van der Waals surface area contributed by atoms with Crippen LogP contribution in [0.4, 0.5) is 5.00 Å². The molecule has 0 fully saturated rings. The van der Waals surface area contributed by atoms with Gasteiger partial charge in [-0.2, -0.15) is 0 Å². The Balaban J connectivity index is 2.25. The second-order valence-corrected chi connectivity index (χ2v) is 4.91. The summed E-state index contributed by atoms with van der Waals surface area (Å²) < 4.78 is 0. The summed E-state index contributed by atoms with van der Waals surface area (Å²) in [4.78, 5) is 27.9. The van der Waals surface area contributed by atoms with Gasteiger partial charge in [0.2, 0.25) is 0 Å². The van der Waals surface area contributed by atoms with Crippen molar-refractivity contribution in [3.63, 3.8) is 0 Å². The number of nitrogens with one attached hydrogen (secondary N) is 1. The third kappa shape index (κ3) is 2.54. The number of amides is 2. The van der Waals surface area contributed by atoms with E-state index in [0.29, 0.717) is 16.1 Å². The SMILES string of the molecule is Cc1cc(C(N)=O)c(NC(=O)c2ccncc2)s1. The molecule has 2 aromatic rings. The van der Waals surface area contributed by atoms with Crippen LogP contribution in [0.15, 0.2) is 30.6 Å². The van der Waals surface area contributed by atoms with E-state index in [1.807, 2.05) is 6.92 Å². The highest BCUT2D eigenvalue weighted by Crippen LogP contribution is 2.27. The van der Waals surface area contributed by atoms with Gasteiger partial charge in [-0.1, -0.05) is 0 Å². The maximum atomic E-state index is 11.9. The third-order valence-electron chi connectivity index (χ3n) is 2.29. The Morgan fingerprint density at radius 1 is 1.33 bits per heavy atom. The van der Waals surface area contributed by atoms with Crippen molar-refractivity contribution >= 4 is 28.2 Å². The number of anilines is 1. The predicted molar refractivity (Wildman–Crippen MR) is 69.8 cm³/mol. The summed E-state index contributed by atoms with van der Waals surface area (Å²) in [6.45, 7) is 1.85. The Kier molecular flexibility index (Phi) is 3.38. The quantitative estimate of drug-likeness (QED) is 0.883. The first-order valence-electron chi connectivity index (χ1n) is 5.19. The van der Waals surface area contributed by atoms with E-state index in [2.05, 4.69) is 10.3 Å². The lowest BCUT2D eigenvalue weighted by molar-refractivity contribution is 0.100. The number of thiophene rings is 1. The maximum absolute atomic E-state index is 11.9. The first-order chi connectivity index (χ1) is 8.58. The van der Waals surface area contributed by atoms with Gasteiger partial charge >= 0.3 is 0 Å². The molecule has 0 aliphatic heterocycles. The van der Waals surface area contributed by atoms with Gasteiger partial charge < -0.3 is 11.1 Å². The monoisotopic (exact) mass is 261 g/mol. The van der Waals surface area contributed by atoms with Gasteiger partial charge in [0, 0.05) is 22.8 Å². The highest BCUT2D eigenvalue weighted by atomic mass is 32.1. The van der Waals surface area contributed by atoms with Crippen molar-refractivity contribution < 1.29 is 9.59 Å². The van der Waals surface area contributed by atoms with E-state index in [0.717, 1.165) is 4.88 Å². The molecule has 2 heterocycles. The number of pyridine rings is 1. The average Bonchev–Trinajstić information content (AvgIpc) is 2.71. The summed E-state index contributed by atoms with van der Waals surface area (Å²) in [6, 6.07) is 4.86. The Bertz CT molecular complexity index is 593. The van der Waals surface area contributed by atoms with Gasteiger partial charge in [0.15, 0.2) is 0 Å². The summed E-state index contributed by atoms with van der Waals surface area (Å²) >= 11 is 1.32. The molecule has 0 saturated heterocycles. The average molecular weight is 261 g/mol. The summed E-state index contributed by atoms with van der Waals surface area (Å²) in [5, 5.41) is 3.15. The molecule has 2 rings (SSSR count). The van der Waals surface area contributed by atoms with E-state index in [1.165, 1.54) is 23.7 Å². The number of aromatic nitrogens is 1. The first-order valence-corrected chi connectivity index (χ1v) is 6.01. The number of nitrogens with two attached hydrogens (primary N) is 1. The largest absolute Gasteiger partial charge is 0.366 e. The third-order valence-corrected chi connectivity index (χ3v) is 3.26. The number of hydrogen-bond donors (Lipinski definition) is 2. The normalized spacial score (nSPS) is 10.1. The van der Waals surface area contributed by atoms with Crippen molar-refractivity contribution in [1.29, 1.82) is 0 Å². The smallest absolute Gasteiger partial charge is 0.256 e. The van der Waals surface area contributed by atoms with E-state index in [-0.39, 0.29) is 5.91 Å². The molecular weight excluding hydrogens is 250 g/mol. The van der Waals surface area contributed by atoms with Gasteiger partial charge in [-0.15, -0.1) is 11.3 Å². The van der Waals surface area contributed by atoms with Crippen LogP contribution >= 0.6 is 11.3 Å². The topological polar surface area (TPSA) is 85.1 Å². The fourth-order valence-corrected chi connectivity index (χ4v) is 2.38. The van der Waals surface area contributed by atoms with Crippen LogP contribution in [-0.2, 0) is 0 Å². The summed E-state index contributed by atoms with van der Waals surface area (Å²) in [7, 11) is 0. The van der Waals surface area contributed by atoms with Crippen LogP contribution in [-0.4, -0.2) is 16.8 Å². The number of primary amides is 1. The van der Waals surface area contributed by atoms with Crippen LogP contribution in [0.1, 0.15) is 25.6 Å². The molecule has 0 aliphatic carbocycles. The molecule has 0 aliphatic rings. The Morgan fingerprint density at radius 3 is 2.61 bits per heavy atom. The van der Waals surface area contributed by atoms with Crippen molar-refractivity contribution in [2.75, 3.05) is 5.32 Å². The van der Waals surface area contributed by atoms with Crippen LogP contribution < -0.4 is 11.1 Å². The molecule has 0 radical (unpaired) electrons. The van der Waals surface area contributed by atoms with Crippen LogP contribution in [0.25, 0.3) is 0 Å². The number of rotatable bonds is 3. The molecule has 6 heteroatoms. The minimum Gasteiger partial charge on any atom is -0.366 e. The molecule has 2 aromatic heterocycles. The maximum Gasteiger partial charge on any atom is 0.256 e. The van der Waals surface area contributed by atoms with E-state index >= 15 is 0 Å². The number of hydrogen-bond acceptors (Lipinski definition) is 4. The Morgan fingerprint density at radius 2 is 2.00 bits per heavy atom. The molecule has 0 atom stereocenters. The van der Waals surface area contributed by atoms with Crippen LogP contribution in [0, 0.1) is 6.92 Å². The predicted octanol–water partition coefficient (Wildman–Crippen LogP) is 1.80. The molecule has 0 bridgehead atoms. The van der Waals surface area contributed by atoms with Crippen molar-refractivity contribution in [3.8, 4) is 0 Å². The molecule has 0 spiro atoms. The zero-order valence-corrected chi connectivity index (χ0v) is 10.5. The fourth-order valence-electron chi connectivity index (χ4n) is 1.47. The molecule has 0 unspecified atom stereocenters. The van der Waals surface area contributed by atoms with Gasteiger partial charge in [0.05, 0.1) is 5.56 Å². The first kappa shape index (κ1) is 12.3. The Labute approximate surface area is 108 Å². The lowest BCUT2D eigenvalue weighted by Gasteiger charge is -2.03. The summed E-state index contributed by atoms with van der Waals surface area (Å²) in [6.07, 6.45) is 3.06. The minimum atomic E-state index is -0.552. The van der Waals surface area contributed by atoms with Crippen molar-refractivity contribution in [3.05, 3.63) is 46.6 Å². The highest BCUT2D eigenvalue weighted by Gasteiger charge is 2.15. The van der Waals surface area contributed by atoms with Crippen molar-refractivity contribution in [2.24, 2.45) is 5.73 Å². The molecule has 5 nitrogen and oxygen atoms in total. The van der Waals surface area contributed by atoms with E-state index < -0.39 is 5.91 Å². The number of aryl methyl sites for hydroxylation is 1. The summed E-state index contributed by atoms with van der Waals surface area (Å²) in [5.74, 6) is -0.842. The molecule has 92 valence electrons. The van der Waals surface area contributed by atoms with E-state index in [1.54, 1.807) is 18.2 Å². The molecule has 0 saturated carbocycles. The van der Waals surface area contributed by atoms with Crippen LogP contribution in [0.3, 0.4) is 0 Å². The van der Waals surface area contributed by atoms with Gasteiger partial charge in [0.1, 0.15) is 5.00 Å². The fraction of sp³-hybridized carbons (Fsp3) is 0.0833. The van der Waals surface area contributed by atoms with Crippen molar-refractivity contribution in [2.45, 2.75) is 6.92 Å². The van der Waals surface area contributed by atoms with Crippen LogP contribution in [0.5, 0.6) is 0 Å². The molecule has 18 heavy (non-hydrogen) atoms. The zero-order chi connectivity index (χ0) is 13.1. The second-order valence-electron chi connectivity index (χ2n) is 3.65. The molecule has 2 amide bonds. The summed E-state index contributed by atoms with van der Waals surface area (Å²) in [5.41, 5.74) is 6.06. The lowest BCUT2D eigenvalue weighted by atomic mass is 10.2. The van der Waals surface area contributed by atoms with Gasteiger partial charge in [-0.3, -0.25) is 14.6 Å². The lowest BCUT2D eigenvalue weighted by Crippen LogP contribution is -2.16. The standard InChI is InChI=1S/C12H11N3O2S/c1-7-6-9(10(13)16)12(18-7)15-11(17)8-2-4-14-5-3-8/h2-6H,1H3,(H2,13,16)(H,15,17).